The van der Waals surface area contributed by atoms with Crippen LogP contribution in [0.15, 0.2) is 48.5 Å². The van der Waals surface area contributed by atoms with Gasteiger partial charge >= 0.3 is 0 Å². The molecular formula is C21H25ClN2O2. The van der Waals surface area contributed by atoms with E-state index in [1.54, 1.807) is 7.11 Å². The van der Waals surface area contributed by atoms with E-state index in [1.165, 1.54) is 0 Å². The van der Waals surface area contributed by atoms with Crippen LogP contribution in [0.4, 0.5) is 0 Å². The number of carbonyl (C=O) groups is 1. The molecule has 0 aromatic heterocycles. The van der Waals surface area contributed by atoms with Gasteiger partial charge < -0.3 is 15.4 Å². The van der Waals surface area contributed by atoms with Gasteiger partial charge in [0.1, 0.15) is 0 Å². The van der Waals surface area contributed by atoms with Gasteiger partial charge in [-0.25, -0.2) is 0 Å². The van der Waals surface area contributed by atoms with Crippen molar-refractivity contribution < 1.29 is 9.53 Å². The normalized spacial score (nSPS) is 16.2. The van der Waals surface area contributed by atoms with Gasteiger partial charge in [0.2, 0.25) is 5.91 Å². The van der Waals surface area contributed by atoms with Crippen molar-refractivity contribution in [3.05, 3.63) is 59.1 Å². The van der Waals surface area contributed by atoms with Crippen LogP contribution in [-0.2, 0) is 16.1 Å². The molecule has 1 saturated heterocycles. The number of amides is 1. The number of methoxy groups -OCH3 is 1. The minimum Gasteiger partial charge on any atom is -0.384 e. The number of rotatable bonds is 6. The maximum atomic E-state index is 12.9. The zero-order valence-corrected chi connectivity index (χ0v) is 15.8. The average molecular weight is 373 g/mol. The predicted octanol–water partition coefficient (Wildman–Crippen LogP) is 3.64. The fourth-order valence-electron chi connectivity index (χ4n) is 3.57. The minimum absolute atomic E-state index is 0.0757. The van der Waals surface area contributed by atoms with E-state index >= 15 is 0 Å². The monoisotopic (exact) mass is 372 g/mol. The third-order valence-electron chi connectivity index (χ3n) is 5.07. The number of nitrogens with one attached hydrogen (secondary N) is 2. The number of ether oxygens (including phenoxy) is 1. The van der Waals surface area contributed by atoms with Gasteiger partial charge in [0.25, 0.3) is 0 Å². The van der Waals surface area contributed by atoms with Crippen molar-refractivity contribution >= 4 is 17.5 Å². The number of benzene rings is 2. The van der Waals surface area contributed by atoms with Crippen LogP contribution < -0.4 is 10.6 Å². The molecule has 0 atom stereocenters. The van der Waals surface area contributed by atoms with Gasteiger partial charge in [0, 0.05) is 18.7 Å². The fraction of sp³-hybridized carbons (Fsp3) is 0.381. The summed E-state index contributed by atoms with van der Waals surface area (Å²) in [6.45, 7) is 2.64. The molecule has 2 aromatic carbocycles. The minimum atomic E-state index is -0.435. The molecule has 0 bridgehead atoms. The Morgan fingerprint density at radius 2 is 1.85 bits per heavy atom. The Balaban J connectivity index is 1.75. The molecule has 1 aliphatic rings. The fourth-order valence-corrected chi connectivity index (χ4v) is 3.69. The Hall–Kier alpha value is -1.88. The summed E-state index contributed by atoms with van der Waals surface area (Å²) < 4.78 is 5.36. The second-order valence-electron chi connectivity index (χ2n) is 6.81. The summed E-state index contributed by atoms with van der Waals surface area (Å²) in [7, 11) is 1.66. The van der Waals surface area contributed by atoms with Crippen molar-refractivity contribution in [2.45, 2.75) is 19.4 Å². The van der Waals surface area contributed by atoms with E-state index in [2.05, 4.69) is 22.8 Å². The summed E-state index contributed by atoms with van der Waals surface area (Å²) >= 11 is 6.00. The Morgan fingerprint density at radius 3 is 2.54 bits per heavy atom. The van der Waals surface area contributed by atoms with Crippen LogP contribution in [0.1, 0.15) is 18.4 Å². The average Bonchev–Trinajstić information content (AvgIpc) is 2.68. The van der Waals surface area contributed by atoms with Crippen molar-refractivity contribution in [2.75, 3.05) is 26.8 Å². The van der Waals surface area contributed by atoms with E-state index in [0.29, 0.717) is 18.2 Å². The molecule has 26 heavy (non-hydrogen) atoms. The Morgan fingerprint density at radius 1 is 1.15 bits per heavy atom. The molecule has 0 unspecified atom stereocenters. The second-order valence-corrected chi connectivity index (χ2v) is 7.25. The molecule has 0 saturated carbocycles. The van der Waals surface area contributed by atoms with Crippen molar-refractivity contribution in [3.63, 3.8) is 0 Å². The van der Waals surface area contributed by atoms with E-state index in [4.69, 9.17) is 16.3 Å². The molecule has 0 spiro atoms. The smallest absolute Gasteiger partial charge is 0.228 e. The van der Waals surface area contributed by atoms with Gasteiger partial charge in [0.15, 0.2) is 0 Å². The SMILES string of the molecule is COCC1(C(=O)NCc2ccccc2-c2ccc(Cl)cc2)CCNCC1. The van der Waals surface area contributed by atoms with E-state index in [9.17, 15) is 4.79 Å². The lowest BCUT2D eigenvalue weighted by Crippen LogP contribution is -2.50. The number of halogens is 1. The molecule has 1 amide bonds. The second kappa shape index (κ2) is 8.67. The van der Waals surface area contributed by atoms with Crippen molar-refractivity contribution in [1.29, 1.82) is 0 Å². The Bertz CT molecular complexity index is 734. The van der Waals surface area contributed by atoms with Crippen molar-refractivity contribution in [1.82, 2.24) is 10.6 Å². The third kappa shape index (κ3) is 4.26. The topological polar surface area (TPSA) is 50.4 Å². The molecule has 138 valence electrons. The molecule has 1 heterocycles. The highest BCUT2D eigenvalue weighted by Crippen LogP contribution is 2.30. The van der Waals surface area contributed by atoms with Crippen LogP contribution in [0, 0.1) is 5.41 Å². The molecule has 1 fully saturated rings. The molecule has 4 nitrogen and oxygen atoms in total. The molecule has 2 aromatic rings. The number of piperidine rings is 1. The van der Waals surface area contributed by atoms with Gasteiger partial charge in [-0.15, -0.1) is 0 Å². The standard InChI is InChI=1S/C21H25ClN2O2/c1-26-15-21(10-12-23-13-11-21)20(25)24-14-17-4-2-3-5-19(17)16-6-8-18(22)9-7-16/h2-9,23H,10-15H2,1H3,(H,24,25). The molecule has 0 radical (unpaired) electrons. The van der Waals surface area contributed by atoms with Gasteiger partial charge in [-0.1, -0.05) is 48.0 Å². The first-order valence-corrected chi connectivity index (χ1v) is 9.34. The zero-order chi connectivity index (χ0) is 18.4. The van der Waals surface area contributed by atoms with Crippen molar-refractivity contribution in [2.24, 2.45) is 5.41 Å². The van der Waals surface area contributed by atoms with Crippen LogP contribution in [-0.4, -0.2) is 32.7 Å². The Labute approximate surface area is 159 Å². The van der Waals surface area contributed by atoms with Crippen LogP contribution in [0.2, 0.25) is 5.02 Å². The summed E-state index contributed by atoms with van der Waals surface area (Å²) in [4.78, 5) is 12.9. The van der Waals surface area contributed by atoms with Gasteiger partial charge in [0.05, 0.1) is 12.0 Å². The molecule has 1 aliphatic heterocycles. The summed E-state index contributed by atoms with van der Waals surface area (Å²) in [6.07, 6.45) is 1.59. The highest BCUT2D eigenvalue weighted by Gasteiger charge is 2.39. The number of carbonyl (C=O) groups excluding carboxylic acids is 1. The van der Waals surface area contributed by atoms with E-state index in [-0.39, 0.29) is 5.91 Å². The van der Waals surface area contributed by atoms with Crippen LogP contribution in [0.5, 0.6) is 0 Å². The van der Waals surface area contributed by atoms with Gasteiger partial charge in [-0.05, 0) is 54.8 Å². The van der Waals surface area contributed by atoms with Crippen LogP contribution in [0.25, 0.3) is 11.1 Å². The highest BCUT2D eigenvalue weighted by atomic mass is 35.5. The lowest BCUT2D eigenvalue weighted by atomic mass is 9.78. The van der Waals surface area contributed by atoms with Crippen molar-refractivity contribution in [3.8, 4) is 11.1 Å². The summed E-state index contributed by atoms with van der Waals surface area (Å²) in [6, 6.07) is 15.9. The number of hydrogen-bond acceptors (Lipinski definition) is 3. The van der Waals surface area contributed by atoms with Gasteiger partial charge in [-0.3, -0.25) is 4.79 Å². The lowest BCUT2D eigenvalue weighted by molar-refractivity contribution is -0.136. The van der Waals surface area contributed by atoms with E-state index < -0.39 is 5.41 Å². The first-order chi connectivity index (χ1) is 12.6. The lowest BCUT2D eigenvalue weighted by Gasteiger charge is -2.35. The first-order valence-electron chi connectivity index (χ1n) is 8.96. The first kappa shape index (κ1) is 18.9. The quantitative estimate of drug-likeness (QED) is 0.813. The third-order valence-corrected chi connectivity index (χ3v) is 5.33. The van der Waals surface area contributed by atoms with Gasteiger partial charge in [-0.2, -0.15) is 0 Å². The maximum Gasteiger partial charge on any atom is 0.228 e. The van der Waals surface area contributed by atoms with Crippen LogP contribution in [0.3, 0.4) is 0 Å². The van der Waals surface area contributed by atoms with Crippen LogP contribution >= 0.6 is 11.6 Å². The molecule has 5 heteroatoms. The molecule has 3 rings (SSSR count). The zero-order valence-electron chi connectivity index (χ0n) is 15.1. The summed E-state index contributed by atoms with van der Waals surface area (Å²) in [5.74, 6) is 0.0757. The number of hydrogen-bond donors (Lipinski definition) is 2. The molecule has 0 aliphatic carbocycles. The van der Waals surface area contributed by atoms with E-state index in [1.807, 2.05) is 36.4 Å². The van der Waals surface area contributed by atoms with E-state index in [0.717, 1.165) is 42.6 Å². The summed E-state index contributed by atoms with van der Waals surface area (Å²) in [5, 5.41) is 7.17. The maximum absolute atomic E-state index is 12.9. The largest absolute Gasteiger partial charge is 0.384 e. The summed E-state index contributed by atoms with van der Waals surface area (Å²) in [5.41, 5.74) is 2.85. The predicted molar refractivity (Wildman–Crippen MR) is 105 cm³/mol. The highest BCUT2D eigenvalue weighted by molar-refractivity contribution is 6.30. The Kier molecular flexibility index (Phi) is 6.30. The molecule has 2 N–H and O–H groups in total. The molecular weight excluding hydrogens is 348 g/mol.